The predicted molar refractivity (Wildman–Crippen MR) is 47.1 cm³/mol. The lowest BCUT2D eigenvalue weighted by molar-refractivity contribution is -0.161. The highest BCUT2D eigenvalue weighted by atomic mass is 16.5. The second-order valence-electron chi connectivity index (χ2n) is 3.67. The number of ether oxygens (including phenoxy) is 1. The first-order valence-corrected chi connectivity index (χ1v) is 4.21. The highest BCUT2D eigenvalue weighted by Crippen LogP contribution is 2.19. The van der Waals surface area contributed by atoms with Crippen molar-refractivity contribution in [1.82, 2.24) is 0 Å². The summed E-state index contributed by atoms with van der Waals surface area (Å²) in [7, 11) is 1.44. The molecule has 0 spiro atoms. The first-order valence-electron chi connectivity index (χ1n) is 4.21. The molecule has 0 aliphatic heterocycles. The van der Waals surface area contributed by atoms with Gasteiger partial charge in [0.2, 0.25) is 0 Å². The maximum atomic E-state index is 10.7. The number of hydrogen-bond acceptors (Lipinski definition) is 2. The highest BCUT2D eigenvalue weighted by molar-refractivity contribution is 5.76. The minimum atomic E-state index is -1.01. The molecule has 0 rings (SSSR count). The van der Waals surface area contributed by atoms with Crippen molar-refractivity contribution in [3.05, 3.63) is 0 Å². The summed E-state index contributed by atoms with van der Waals surface area (Å²) in [6.07, 6.45) is 1.44. The molecule has 1 unspecified atom stereocenters. The second kappa shape index (κ2) is 4.45. The van der Waals surface area contributed by atoms with Crippen molar-refractivity contribution in [2.24, 2.45) is 5.92 Å². The van der Waals surface area contributed by atoms with E-state index in [2.05, 4.69) is 13.8 Å². The largest absolute Gasteiger partial charge is 0.479 e. The van der Waals surface area contributed by atoms with Crippen LogP contribution in [0.25, 0.3) is 0 Å². The zero-order valence-corrected chi connectivity index (χ0v) is 8.26. The Bertz CT molecular complexity index is 154. The third kappa shape index (κ3) is 3.22. The summed E-state index contributed by atoms with van der Waals surface area (Å²) in [4.78, 5) is 10.7. The Balaban J connectivity index is 4.06. The van der Waals surface area contributed by atoms with Gasteiger partial charge < -0.3 is 9.84 Å². The van der Waals surface area contributed by atoms with Crippen molar-refractivity contribution >= 4 is 5.97 Å². The third-order valence-electron chi connectivity index (χ3n) is 2.10. The van der Waals surface area contributed by atoms with Gasteiger partial charge in [-0.05, 0) is 25.7 Å². The summed E-state index contributed by atoms with van der Waals surface area (Å²) >= 11 is 0. The van der Waals surface area contributed by atoms with Crippen LogP contribution in [-0.4, -0.2) is 23.8 Å². The van der Waals surface area contributed by atoms with Gasteiger partial charge in [0.1, 0.15) is 0 Å². The molecule has 0 amide bonds. The Morgan fingerprint density at radius 2 is 2.08 bits per heavy atom. The van der Waals surface area contributed by atoms with Crippen molar-refractivity contribution in [3.8, 4) is 0 Å². The number of carbonyl (C=O) groups is 1. The van der Waals surface area contributed by atoms with Crippen molar-refractivity contribution in [2.45, 2.75) is 39.2 Å². The molecule has 0 saturated carbocycles. The summed E-state index contributed by atoms with van der Waals surface area (Å²) < 4.78 is 4.95. The van der Waals surface area contributed by atoms with E-state index >= 15 is 0 Å². The summed E-state index contributed by atoms with van der Waals surface area (Å²) in [5, 5.41) is 8.82. The zero-order valence-electron chi connectivity index (χ0n) is 8.26. The lowest BCUT2D eigenvalue weighted by Gasteiger charge is -2.23. The Hall–Kier alpha value is -0.570. The smallest absolute Gasteiger partial charge is 0.335 e. The van der Waals surface area contributed by atoms with Crippen molar-refractivity contribution in [2.75, 3.05) is 7.11 Å². The first kappa shape index (κ1) is 11.4. The Kier molecular flexibility index (Phi) is 4.24. The van der Waals surface area contributed by atoms with Gasteiger partial charge in [-0.2, -0.15) is 0 Å². The van der Waals surface area contributed by atoms with Gasteiger partial charge in [-0.1, -0.05) is 13.8 Å². The van der Waals surface area contributed by atoms with Crippen LogP contribution < -0.4 is 0 Å². The van der Waals surface area contributed by atoms with E-state index in [-0.39, 0.29) is 0 Å². The number of carboxylic acid groups (broad SMARTS) is 1. The molecule has 0 aromatic carbocycles. The molecule has 0 saturated heterocycles. The number of hydrogen-bond donors (Lipinski definition) is 1. The van der Waals surface area contributed by atoms with E-state index in [9.17, 15) is 4.79 Å². The first-order chi connectivity index (χ1) is 5.42. The van der Waals surface area contributed by atoms with Gasteiger partial charge in [-0.15, -0.1) is 0 Å². The van der Waals surface area contributed by atoms with Crippen LogP contribution in [0.4, 0.5) is 0 Å². The van der Waals surface area contributed by atoms with Crippen LogP contribution in [0.1, 0.15) is 33.6 Å². The van der Waals surface area contributed by atoms with E-state index in [4.69, 9.17) is 9.84 Å². The van der Waals surface area contributed by atoms with Crippen LogP contribution in [0, 0.1) is 5.92 Å². The van der Waals surface area contributed by atoms with E-state index < -0.39 is 11.6 Å². The molecule has 0 heterocycles. The normalized spacial score (nSPS) is 16.1. The summed E-state index contributed by atoms with van der Waals surface area (Å²) in [5.74, 6) is -0.371. The van der Waals surface area contributed by atoms with E-state index in [0.717, 1.165) is 6.42 Å². The molecule has 0 aromatic heterocycles. The van der Waals surface area contributed by atoms with Crippen LogP contribution in [0.5, 0.6) is 0 Å². The van der Waals surface area contributed by atoms with E-state index in [1.165, 1.54) is 7.11 Å². The number of methoxy groups -OCH3 is 1. The molecular weight excluding hydrogens is 156 g/mol. The molecule has 3 nitrogen and oxygen atoms in total. The van der Waals surface area contributed by atoms with Crippen LogP contribution in [0.3, 0.4) is 0 Å². The Morgan fingerprint density at radius 1 is 1.58 bits per heavy atom. The lowest BCUT2D eigenvalue weighted by atomic mass is 9.95. The van der Waals surface area contributed by atoms with E-state index in [0.29, 0.717) is 12.3 Å². The summed E-state index contributed by atoms with van der Waals surface area (Å²) in [5.41, 5.74) is -1.01. The molecule has 0 aliphatic rings. The molecule has 72 valence electrons. The van der Waals surface area contributed by atoms with Gasteiger partial charge in [0.15, 0.2) is 5.60 Å². The quantitative estimate of drug-likeness (QED) is 0.692. The van der Waals surface area contributed by atoms with Crippen LogP contribution >= 0.6 is 0 Å². The van der Waals surface area contributed by atoms with Gasteiger partial charge in [-0.3, -0.25) is 0 Å². The molecule has 0 bridgehead atoms. The average Bonchev–Trinajstić information content (AvgIpc) is 1.99. The van der Waals surface area contributed by atoms with Crippen LogP contribution in [0.15, 0.2) is 0 Å². The topological polar surface area (TPSA) is 46.5 Å². The van der Waals surface area contributed by atoms with Crippen LogP contribution in [-0.2, 0) is 9.53 Å². The molecule has 0 aromatic rings. The Morgan fingerprint density at radius 3 is 2.33 bits per heavy atom. The van der Waals surface area contributed by atoms with Gasteiger partial charge in [0.05, 0.1) is 0 Å². The van der Waals surface area contributed by atoms with Crippen molar-refractivity contribution in [1.29, 1.82) is 0 Å². The van der Waals surface area contributed by atoms with Crippen LogP contribution in [0.2, 0.25) is 0 Å². The molecule has 0 aliphatic carbocycles. The summed E-state index contributed by atoms with van der Waals surface area (Å²) in [6, 6.07) is 0. The van der Waals surface area contributed by atoms with Gasteiger partial charge >= 0.3 is 5.97 Å². The molecule has 0 fully saturated rings. The van der Waals surface area contributed by atoms with E-state index in [1.54, 1.807) is 6.92 Å². The SMILES string of the molecule is COC(C)(CCC(C)C)C(=O)O. The minimum Gasteiger partial charge on any atom is -0.479 e. The van der Waals surface area contributed by atoms with Gasteiger partial charge in [-0.25, -0.2) is 4.79 Å². The second-order valence-corrected chi connectivity index (χ2v) is 3.67. The van der Waals surface area contributed by atoms with Crippen molar-refractivity contribution < 1.29 is 14.6 Å². The zero-order chi connectivity index (χ0) is 9.78. The van der Waals surface area contributed by atoms with Crippen molar-refractivity contribution in [3.63, 3.8) is 0 Å². The lowest BCUT2D eigenvalue weighted by Crippen LogP contribution is -2.37. The monoisotopic (exact) mass is 174 g/mol. The molecule has 3 heteroatoms. The fourth-order valence-electron chi connectivity index (χ4n) is 0.860. The highest BCUT2D eigenvalue weighted by Gasteiger charge is 2.32. The maximum Gasteiger partial charge on any atom is 0.335 e. The molecular formula is C9H18O3. The fourth-order valence-corrected chi connectivity index (χ4v) is 0.860. The molecule has 12 heavy (non-hydrogen) atoms. The minimum absolute atomic E-state index is 0.513. The number of carboxylic acids is 1. The Labute approximate surface area is 73.7 Å². The van der Waals surface area contributed by atoms with Gasteiger partial charge in [0, 0.05) is 7.11 Å². The molecule has 0 radical (unpaired) electrons. The molecule has 1 N–H and O–H groups in total. The van der Waals surface area contributed by atoms with Gasteiger partial charge in [0.25, 0.3) is 0 Å². The third-order valence-corrected chi connectivity index (χ3v) is 2.10. The fraction of sp³-hybridized carbons (Fsp3) is 0.889. The number of aliphatic carboxylic acids is 1. The standard InChI is InChI=1S/C9H18O3/c1-7(2)5-6-9(3,12-4)8(10)11/h7H,5-6H2,1-4H3,(H,10,11). The average molecular weight is 174 g/mol. The predicted octanol–water partition coefficient (Wildman–Crippen LogP) is 1.91. The van der Waals surface area contributed by atoms with E-state index in [1.807, 2.05) is 0 Å². The maximum absolute atomic E-state index is 10.7. The molecule has 1 atom stereocenters. The summed E-state index contributed by atoms with van der Waals surface area (Å²) in [6.45, 7) is 5.74. The number of rotatable bonds is 5.